The van der Waals surface area contributed by atoms with Crippen molar-refractivity contribution in [2.75, 3.05) is 9.80 Å². The lowest BCUT2D eigenvalue weighted by atomic mass is 9.45. The lowest BCUT2D eigenvalue weighted by Gasteiger charge is -2.49. The van der Waals surface area contributed by atoms with Crippen molar-refractivity contribution in [2.45, 2.75) is 0 Å². The molecule has 0 amide bonds. The number of para-hydroxylation sites is 6. The third-order valence-corrected chi connectivity index (χ3v) is 18.6. The number of hydrogen-bond acceptors (Lipinski definition) is 2. The maximum absolute atomic E-state index is 2.79. The number of anilines is 6. The normalized spacial score (nSPS) is 14.2. The summed E-state index contributed by atoms with van der Waals surface area (Å²) in [5.74, 6) is 0. The Kier molecular flexibility index (Phi) is 6.13. The monoisotopic (exact) mass is 763 g/mol. The van der Waals surface area contributed by atoms with E-state index in [0.29, 0.717) is 0 Å². The van der Waals surface area contributed by atoms with E-state index in [1.54, 1.807) is 0 Å². The van der Waals surface area contributed by atoms with Crippen LogP contribution in [-0.2, 0) is 0 Å². The molecule has 0 saturated carbocycles. The largest absolute Gasteiger partial charge is 0.375 e. The van der Waals surface area contributed by atoms with Crippen molar-refractivity contribution in [3.8, 4) is 22.3 Å². The number of nitrogens with zero attached hydrogens (tertiary/aromatic N) is 3. The maximum Gasteiger partial charge on any atom is 0.333 e. The van der Waals surface area contributed by atoms with Gasteiger partial charge in [0.05, 0.1) is 0 Å². The van der Waals surface area contributed by atoms with Gasteiger partial charge in [0.1, 0.15) is 0 Å². The zero-order valence-corrected chi connectivity index (χ0v) is 33.0. The van der Waals surface area contributed by atoms with Crippen LogP contribution in [0.1, 0.15) is 0 Å². The van der Waals surface area contributed by atoms with Crippen LogP contribution in [0.25, 0.3) is 44.1 Å². The molecule has 0 atom stereocenters. The van der Waals surface area contributed by atoms with Crippen LogP contribution in [0.2, 0.25) is 0 Å². The first kappa shape index (κ1) is 31.7. The fourth-order valence-electron chi connectivity index (χ4n) is 11.7. The van der Waals surface area contributed by atoms with Gasteiger partial charge in [-0.25, -0.2) is 0 Å². The summed E-state index contributed by atoms with van der Waals surface area (Å²) in [7, 11) is -2.79. The zero-order chi connectivity index (χ0) is 38.4. The van der Waals surface area contributed by atoms with Crippen LogP contribution in [0, 0.1) is 0 Å². The zero-order valence-electron chi connectivity index (χ0n) is 32.0. The third kappa shape index (κ3) is 3.84. The predicted molar refractivity (Wildman–Crippen MR) is 251 cm³/mol. The van der Waals surface area contributed by atoms with Crippen LogP contribution in [0.5, 0.6) is 0 Å². The summed E-state index contributed by atoms with van der Waals surface area (Å²) in [5, 5.41) is 8.51. The summed E-state index contributed by atoms with van der Waals surface area (Å²) in [6.07, 6.45) is 0. The second-order valence-corrected chi connectivity index (χ2v) is 20.0. The highest BCUT2D eigenvalue weighted by Gasteiger charge is 2.56. The van der Waals surface area contributed by atoms with Crippen molar-refractivity contribution >= 4 is 103 Å². The number of hydrogen-bond donors (Lipinski definition) is 0. The standard InChI is InChI=1S/C54H34BN3Si/c1-3-17-35(18-4-1)56(36-19-5-2-6-20-36)37-33-43-42-25-15-24-41-38-21-7-10-27-45(38)58(53(41)42)55-44-26-16-32-51-54(44)57(47(34-37)52(43)55)46-28-11-14-31-50(46)59(51)48-29-12-8-22-39(48)40-23-9-13-30-49(40)59/h1-34H. The molecule has 10 aromatic rings. The minimum Gasteiger partial charge on any atom is -0.375 e. The van der Waals surface area contributed by atoms with Crippen molar-refractivity contribution < 1.29 is 0 Å². The second kappa shape index (κ2) is 11.4. The summed E-state index contributed by atoms with van der Waals surface area (Å²) >= 11 is 0. The van der Waals surface area contributed by atoms with Crippen LogP contribution in [0.3, 0.4) is 0 Å². The number of rotatable bonds is 3. The van der Waals surface area contributed by atoms with Crippen molar-refractivity contribution in [3.05, 3.63) is 206 Å². The molecule has 0 fully saturated rings. The SMILES string of the molecule is c1ccc(N(c2ccccc2)c2cc3c4c(c2)N2c5ccccc5[Si]5(c6ccccc6-c6ccccc65)c5cccc(c52)B4n2c4ccccc4c4cccc-3c42)cc1. The number of fused-ring (bicyclic) bond motifs is 16. The first-order valence-electron chi connectivity index (χ1n) is 20.6. The highest BCUT2D eigenvalue weighted by atomic mass is 28.3. The smallest absolute Gasteiger partial charge is 0.333 e. The van der Waals surface area contributed by atoms with Gasteiger partial charge in [0.15, 0.2) is 8.07 Å². The Morgan fingerprint density at radius 2 is 0.983 bits per heavy atom. The quantitative estimate of drug-likeness (QED) is 0.166. The van der Waals surface area contributed by atoms with Crippen LogP contribution in [0.4, 0.5) is 34.1 Å². The average Bonchev–Trinajstić information content (AvgIpc) is 3.79. The Bertz CT molecular complexity index is 3340. The van der Waals surface area contributed by atoms with Crippen molar-refractivity contribution in [1.29, 1.82) is 0 Å². The fraction of sp³-hybridized carbons (Fsp3) is 0. The molecule has 0 unspecified atom stereocenters. The van der Waals surface area contributed by atoms with E-state index in [1.807, 2.05) is 0 Å². The predicted octanol–water partition coefficient (Wildman–Crippen LogP) is 9.35. The lowest BCUT2D eigenvalue weighted by Crippen LogP contribution is -2.77. The Labute approximate surface area is 343 Å². The van der Waals surface area contributed by atoms with Gasteiger partial charge in [0.25, 0.3) is 0 Å². The molecule has 1 spiro atoms. The summed E-state index contributed by atoms with van der Waals surface area (Å²) in [4.78, 5) is 5.11. The molecule has 1 aromatic heterocycles. The maximum atomic E-state index is 2.69. The van der Waals surface area contributed by atoms with Crippen molar-refractivity contribution in [2.24, 2.45) is 0 Å². The highest BCUT2D eigenvalue weighted by Crippen LogP contribution is 2.49. The molecule has 5 heterocycles. The minimum absolute atomic E-state index is 0.0253. The Balaban J connectivity index is 1.17. The summed E-state index contributed by atoms with van der Waals surface area (Å²) in [5.41, 5.74) is 17.9. The van der Waals surface area contributed by atoms with Crippen LogP contribution in [0.15, 0.2) is 206 Å². The molecule has 59 heavy (non-hydrogen) atoms. The number of benzene rings is 9. The molecule has 0 aliphatic carbocycles. The van der Waals surface area contributed by atoms with E-state index >= 15 is 0 Å². The van der Waals surface area contributed by atoms with Gasteiger partial charge in [-0.15, -0.1) is 0 Å². The topological polar surface area (TPSA) is 11.4 Å². The van der Waals surface area contributed by atoms with Gasteiger partial charge in [0, 0.05) is 61.5 Å². The van der Waals surface area contributed by atoms with Crippen LogP contribution in [-0.4, -0.2) is 19.4 Å². The summed E-state index contributed by atoms with van der Waals surface area (Å²) in [6.45, 7) is -0.0253. The van der Waals surface area contributed by atoms with E-state index in [1.165, 1.54) is 92.8 Å². The van der Waals surface area contributed by atoms with Crippen molar-refractivity contribution in [3.63, 3.8) is 0 Å². The Morgan fingerprint density at radius 1 is 0.407 bits per heavy atom. The lowest BCUT2D eigenvalue weighted by molar-refractivity contribution is 1.24. The average molecular weight is 764 g/mol. The summed E-state index contributed by atoms with van der Waals surface area (Å²) in [6, 6.07) is 77.9. The highest BCUT2D eigenvalue weighted by molar-refractivity contribution is 7.24. The van der Waals surface area contributed by atoms with Gasteiger partial charge in [-0.3, -0.25) is 0 Å². The molecule has 9 aromatic carbocycles. The molecule has 3 nitrogen and oxygen atoms in total. The van der Waals surface area contributed by atoms with Crippen LogP contribution < -0.4 is 41.5 Å². The molecule has 14 rings (SSSR count). The molecule has 0 bridgehead atoms. The minimum atomic E-state index is -2.79. The van der Waals surface area contributed by atoms with E-state index in [9.17, 15) is 0 Å². The Morgan fingerprint density at radius 3 is 1.73 bits per heavy atom. The van der Waals surface area contributed by atoms with E-state index in [-0.39, 0.29) is 6.85 Å². The number of aromatic nitrogens is 1. The molecule has 4 aliphatic heterocycles. The molecule has 0 N–H and O–H groups in total. The molecule has 272 valence electrons. The summed E-state index contributed by atoms with van der Waals surface area (Å²) < 4.78 is 2.69. The van der Waals surface area contributed by atoms with E-state index in [2.05, 4.69) is 221 Å². The molecule has 0 radical (unpaired) electrons. The van der Waals surface area contributed by atoms with Crippen LogP contribution >= 0.6 is 0 Å². The van der Waals surface area contributed by atoms with Gasteiger partial charge in [-0.2, -0.15) is 0 Å². The first-order valence-corrected chi connectivity index (χ1v) is 22.6. The van der Waals surface area contributed by atoms with Gasteiger partial charge in [-0.05, 0) is 96.9 Å². The molecule has 4 aliphatic rings. The van der Waals surface area contributed by atoms with Gasteiger partial charge >= 0.3 is 6.85 Å². The van der Waals surface area contributed by atoms with Gasteiger partial charge in [-0.1, -0.05) is 158 Å². The first-order chi connectivity index (χ1) is 29.3. The second-order valence-electron chi connectivity index (χ2n) is 16.4. The third-order valence-electron chi connectivity index (χ3n) is 13.7. The molecule has 5 heteroatoms. The molecule has 0 saturated heterocycles. The fourth-order valence-corrected chi connectivity index (χ4v) is 17.2. The molecular formula is C54H34BN3Si. The van der Waals surface area contributed by atoms with E-state index in [0.717, 1.165) is 17.1 Å². The van der Waals surface area contributed by atoms with Crippen molar-refractivity contribution in [1.82, 2.24) is 4.48 Å². The molecular weight excluding hydrogens is 730 g/mol. The van der Waals surface area contributed by atoms with E-state index < -0.39 is 8.07 Å². The Hall–Kier alpha value is -7.34. The van der Waals surface area contributed by atoms with Gasteiger partial charge in [0.2, 0.25) is 0 Å². The van der Waals surface area contributed by atoms with Gasteiger partial charge < -0.3 is 14.3 Å². The van der Waals surface area contributed by atoms with E-state index in [4.69, 9.17) is 0 Å².